The fraction of sp³-hybridized carbons (Fsp3) is 0.238. The molecule has 0 fully saturated rings. The van der Waals surface area contributed by atoms with E-state index in [1.54, 1.807) is 6.07 Å². The number of halogens is 4. The zero-order valence-corrected chi connectivity index (χ0v) is 19.8. The van der Waals surface area contributed by atoms with Crippen molar-refractivity contribution in [2.45, 2.75) is 19.3 Å². The van der Waals surface area contributed by atoms with Crippen LogP contribution in [0.4, 0.5) is 13.2 Å². The van der Waals surface area contributed by atoms with Gasteiger partial charge in [-0.3, -0.25) is 13.9 Å². The number of rotatable bonds is 6. The first-order valence-corrected chi connectivity index (χ1v) is 10.7. The molecule has 1 N–H and O–H groups in total. The summed E-state index contributed by atoms with van der Waals surface area (Å²) in [4.78, 5) is 37.3. The van der Waals surface area contributed by atoms with Gasteiger partial charge in [0.1, 0.15) is 17.9 Å². The monoisotopic (exact) mass is 536 g/mol. The molecule has 16 heteroatoms. The number of alkyl halides is 3. The number of aromatic nitrogens is 7. The minimum atomic E-state index is -4.93. The number of aromatic amines is 1. The molecular weight excluding hydrogens is 521 g/mol. The predicted molar refractivity (Wildman–Crippen MR) is 121 cm³/mol. The number of nitrogens with one attached hydrogen (secondary N) is 1. The van der Waals surface area contributed by atoms with Gasteiger partial charge in [-0.15, -0.1) is 0 Å². The highest BCUT2D eigenvalue weighted by molar-refractivity contribution is 6.30. The van der Waals surface area contributed by atoms with Crippen LogP contribution in [0.1, 0.15) is 22.8 Å². The van der Waals surface area contributed by atoms with Gasteiger partial charge in [0.15, 0.2) is 11.6 Å². The Hall–Kier alpha value is -4.58. The standard InChI is InChI=1S/C21H16ClF3N8O4/c1-30-15(27-28-19(30)35)10-33-20(36)31(2)16(29-33)9-32-4-3-14(21(23,24)25)17(18(32)34)37-13-6-11(8-26)5-12(22)7-13/h3-7H,9-10H2,1-2H3,(H,28,35). The first kappa shape index (κ1) is 25.5. The SMILES string of the molecule is Cn1c(Cn2nc(Cn3ccc(C(F)(F)F)c(Oc4cc(Cl)cc(C#N)c4)c3=O)n(C)c2=O)n[nH]c1=O. The van der Waals surface area contributed by atoms with Gasteiger partial charge >= 0.3 is 17.6 Å². The number of hydrogen-bond acceptors (Lipinski definition) is 7. The summed E-state index contributed by atoms with van der Waals surface area (Å²) >= 11 is 5.90. The number of pyridine rings is 1. The molecule has 0 aliphatic heterocycles. The smallest absolute Gasteiger partial charge is 0.420 e. The van der Waals surface area contributed by atoms with Crippen LogP contribution in [0, 0.1) is 11.3 Å². The van der Waals surface area contributed by atoms with E-state index in [4.69, 9.17) is 21.6 Å². The number of nitriles is 1. The maximum absolute atomic E-state index is 13.7. The fourth-order valence-corrected chi connectivity index (χ4v) is 3.61. The number of H-pyrrole nitrogens is 1. The van der Waals surface area contributed by atoms with Crippen molar-refractivity contribution in [2.24, 2.45) is 14.1 Å². The van der Waals surface area contributed by atoms with E-state index in [0.29, 0.717) is 6.07 Å². The summed E-state index contributed by atoms with van der Waals surface area (Å²) in [5.41, 5.74) is -3.59. The van der Waals surface area contributed by atoms with Gasteiger partial charge in [0.05, 0.1) is 18.2 Å². The Morgan fingerprint density at radius 2 is 1.84 bits per heavy atom. The molecule has 0 aliphatic carbocycles. The molecule has 4 rings (SSSR count). The van der Waals surface area contributed by atoms with Crippen molar-refractivity contribution >= 4 is 11.6 Å². The summed E-state index contributed by atoms with van der Waals surface area (Å²) in [6, 6.07) is 6.02. The predicted octanol–water partition coefficient (Wildman–Crippen LogP) is 1.60. The average molecular weight is 537 g/mol. The zero-order valence-electron chi connectivity index (χ0n) is 19.1. The van der Waals surface area contributed by atoms with Crippen molar-refractivity contribution < 1.29 is 17.9 Å². The Morgan fingerprint density at radius 3 is 2.46 bits per heavy atom. The Bertz CT molecular complexity index is 1720. The molecule has 0 radical (unpaired) electrons. The van der Waals surface area contributed by atoms with E-state index in [2.05, 4.69) is 15.3 Å². The molecule has 0 unspecified atom stereocenters. The molecule has 12 nitrogen and oxygen atoms in total. The van der Waals surface area contributed by atoms with Crippen LogP contribution < -0.4 is 21.7 Å². The molecule has 0 saturated carbocycles. The van der Waals surface area contributed by atoms with E-state index in [9.17, 15) is 27.6 Å². The van der Waals surface area contributed by atoms with E-state index in [0.717, 1.165) is 32.1 Å². The van der Waals surface area contributed by atoms with Gasteiger partial charge in [-0.2, -0.15) is 28.6 Å². The second kappa shape index (κ2) is 9.47. The van der Waals surface area contributed by atoms with Gasteiger partial charge in [-0.05, 0) is 24.3 Å². The summed E-state index contributed by atoms with van der Waals surface area (Å²) < 4.78 is 50.5. The Labute approximate surface area is 209 Å². The second-order valence-electron chi connectivity index (χ2n) is 7.80. The molecule has 0 saturated heterocycles. The fourth-order valence-electron chi connectivity index (χ4n) is 3.38. The van der Waals surface area contributed by atoms with Crippen LogP contribution in [-0.2, 0) is 33.4 Å². The van der Waals surface area contributed by atoms with Crippen LogP contribution in [0.2, 0.25) is 5.02 Å². The van der Waals surface area contributed by atoms with Crippen molar-refractivity contribution in [3.8, 4) is 17.6 Å². The first-order chi connectivity index (χ1) is 17.4. The van der Waals surface area contributed by atoms with Crippen LogP contribution in [0.3, 0.4) is 0 Å². The topological polar surface area (TPSA) is 146 Å². The van der Waals surface area contributed by atoms with Gasteiger partial charge < -0.3 is 9.30 Å². The van der Waals surface area contributed by atoms with Crippen molar-refractivity contribution in [1.29, 1.82) is 5.26 Å². The first-order valence-electron chi connectivity index (χ1n) is 10.3. The molecule has 37 heavy (non-hydrogen) atoms. The van der Waals surface area contributed by atoms with Crippen molar-refractivity contribution in [3.05, 3.63) is 89.6 Å². The average Bonchev–Trinajstić information content (AvgIpc) is 3.28. The number of nitrogens with zero attached hydrogens (tertiary/aromatic N) is 7. The summed E-state index contributed by atoms with van der Waals surface area (Å²) in [5, 5.41) is 19.3. The lowest BCUT2D eigenvalue weighted by Gasteiger charge is -2.15. The zero-order chi connectivity index (χ0) is 27.1. The molecule has 3 aromatic heterocycles. The highest BCUT2D eigenvalue weighted by Crippen LogP contribution is 2.36. The molecule has 192 valence electrons. The lowest BCUT2D eigenvalue weighted by Crippen LogP contribution is -2.27. The minimum absolute atomic E-state index is 0.0160. The van der Waals surface area contributed by atoms with Crippen LogP contribution in [0.15, 0.2) is 44.8 Å². The summed E-state index contributed by atoms with van der Waals surface area (Å²) in [7, 11) is 2.81. The molecule has 0 aliphatic rings. The second-order valence-corrected chi connectivity index (χ2v) is 8.23. The third-order valence-corrected chi connectivity index (χ3v) is 5.57. The van der Waals surface area contributed by atoms with E-state index in [1.807, 2.05) is 0 Å². The van der Waals surface area contributed by atoms with Gasteiger partial charge in [0.2, 0.25) is 5.75 Å². The minimum Gasteiger partial charge on any atom is -0.451 e. The summed E-state index contributed by atoms with van der Waals surface area (Å²) in [5.74, 6) is -1.05. The molecule has 1 aromatic carbocycles. The maximum atomic E-state index is 13.7. The number of hydrogen-bond donors (Lipinski definition) is 1. The van der Waals surface area contributed by atoms with E-state index < -0.39 is 34.4 Å². The van der Waals surface area contributed by atoms with E-state index in [1.165, 1.54) is 24.7 Å². The highest BCUT2D eigenvalue weighted by atomic mass is 35.5. The molecule has 4 aromatic rings. The van der Waals surface area contributed by atoms with Crippen molar-refractivity contribution in [2.75, 3.05) is 0 Å². The van der Waals surface area contributed by atoms with E-state index >= 15 is 0 Å². The lowest BCUT2D eigenvalue weighted by molar-refractivity contribution is -0.138. The van der Waals surface area contributed by atoms with Crippen LogP contribution in [0.5, 0.6) is 11.5 Å². The largest absolute Gasteiger partial charge is 0.451 e. The Morgan fingerprint density at radius 1 is 1.11 bits per heavy atom. The van der Waals surface area contributed by atoms with Gasteiger partial charge in [0.25, 0.3) is 5.56 Å². The molecular formula is C21H16ClF3N8O4. The number of ether oxygens (including phenoxy) is 1. The Kier molecular flexibility index (Phi) is 6.53. The maximum Gasteiger partial charge on any atom is 0.420 e. The highest BCUT2D eigenvalue weighted by Gasteiger charge is 2.36. The van der Waals surface area contributed by atoms with Gasteiger partial charge in [0, 0.05) is 25.3 Å². The quantitative estimate of drug-likeness (QED) is 0.394. The molecule has 0 spiro atoms. The van der Waals surface area contributed by atoms with Gasteiger partial charge in [-0.25, -0.2) is 19.4 Å². The van der Waals surface area contributed by atoms with Gasteiger partial charge in [-0.1, -0.05) is 11.6 Å². The van der Waals surface area contributed by atoms with E-state index in [-0.39, 0.29) is 41.1 Å². The Balaban J connectivity index is 1.74. The van der Waals surface area contributed by atoms with Crippen LogP contribution in [0.25, 0.3) is 0 Å². The normalized spacial score (nSPS) is 11.5. The molecule has 0 amide bonds. The summed E-state index contributed by atoms with van der Waals surface area (Å²) in [6.45, 7) is -0.557. The summed E-state index contributed by atoms with van der Waals surface area (Å²) in [6.07, 6.45) is -4.03. The number of benzene rings is 1. The molecule has 0 bridgehead atoms. The van der Waals surface area contributed by atoms with Crippen LogP contribution in [-0.4, -0.2) is 33.7 Å². The van der Waals surface area contributed by atoms with Crippen molar-refractivity contribution in [3.63, 3.8) is 0 Å². The van der Waals surface area contributed by atoms with Crippen molar-refractivity contribution in [1.82, 2.24) is 33.7 Å². The third-order valence-electron chi connectivity index (χ3n) is 5.35. The molecule has 3 heterocycles. The molecule has 0 atom stereocenters. The third kappa shape index (κ3) is 5.05. The van der Waals surface area contributed by atoms with Crippen LogP contribution >= 0.6 is 11.6 Å². The lowest BCUT2D eigenvalue weighted by atomic mass is 10.2.